The van der Waals surface area contributed by atoms with Crippen molar-refractivity contribution in [2.24, 2.45) is 0 Å². The van der Waals surface area contributed by atoms with Crippen LogP contribution >= 0.6 is 0 Å². The fourth-order valence-electron chi connectivity index (χ4n) is 3.05. The van der Waals surface area contributed by atoms with Crippen LogP contribution in [0.1, 0.15) is 28.9 Å². The molecule has 3 aromatic rings. The van der Waals surface area contributed by atoms with E-state index in [1.165, 1.54) is 24.3 Å². The molecule has 3 rings (SSSR count). The Morgan fingerprint density at radius 3 is 2.23 bits per heavy atom. The van der Waals surface area contributed by atoms with E-state index in [0.717, 1.165) is 22.6 Å². The summed E-state index contributed by atoms with van der Waals surface area (Å²) in [5, 5.41) is 7.22. The number of carbonyl (C=O) groups excluding carboxylic acids is 1. The third-order valence-corrected chi connectivity index (χ3v) is 4.48. The fourth-order valence-corrected chi connectivity index (χ4v) is 3.05. The lowest BCUT2D eigenvalue weighted by Gasteiger charge is -2.10. The van der Waals surface area contributed by atoms with Crippen molar-refractivity contribution >= 4 is 5.91 Å². The summed E-state index contributed by atoms with van der Waals surface area (Å²) in [6.07, 6.45) is -3.82. The van der Waals surface area contributed by atoms with Crippen LogP contribution in [0, 0.1) is 13.8 Å². The normalized spacial score (nSPS) is 11.4. The molecule has 0 fully saturated rings. The molecule has 0 aliphatic carbocycles. The van der Waals surface area contributed by atoms with E-state index in [-0.39, 0.29) is 18.2 Å². The minimum absolute atomic E-state index is 0.131. The molecule has 0 aliphatic heterocycles. The Balaban J connectivity index is 1.46. The first-order valence-electron chi connectivity index (χ1n) is 9.43. The zero-order chi connectivity index (χ0) is 21.7. The third kappa shape index (κ3) is 6.10. The summed E-state index contributed by atoms with van der Waals surface area (Å²) < 4.78 is 42.2. The molecule has 0 saturated carbocycles. The van der Waals surface area contributed by atoms with Crippen LogP contribution < -0.4 is 10.1 Å². The molecule has 1 heterocycles. The van der Waals surface area contributed by atoms with Crippen LogP contribution in [0.4, 0.5) is 13.2 Å². The molecule has 0 spiro atoms. The number of benzene rings is 2. The summed E-state index contributed by atoms with van der Waals surface area (Å²) >= 11 is 0. The molecule has 0 saturated heterocycles. The van der Waals surface area contributed by atoms with Gasteiger partial charge in [-0.05, 0) is 61.7 Å². The average Bonchev–Trinajstić information content (AvgIpc) is 3.03. The second-order valence-electron chi connectivity index (χ2n) is 6.97. The number of aryl methyl sites for hydroxylation is 3. The molecule has 0 unspecified atom stereocenters. The highest BCUT2D eigenvalue weighted by Crippen LogP contribution is 2.22. The lowest BCUT2D eigenvalue weighted by Crippen LogP contribution is -2.23. The Morgan fingerprint density at radius 2 is 1.67 bits per heavy atom. The first-order valence-corrected chi connectivity index (χ1v) is 9.43. The number of aromatic nitrogens is 2. The van der Waals surface area contributed by atoms with Gasteiger partial charge in [-0.2, -0.15) is 5.10 Å². The molecule has 1 N–H and O–H groups in total. The number of rotatable bonds is 7. The van der Waals surface area contributed by atoms with Gasteiger partial charge in [0.05, 0.1) is 11.4 Å². The Labute approximate surface area is 172 Å². The number of ether oxygens (including phenoxy) is 1. The zero-order valence-electron chi connectivity index (χ0n) is 16.7. The summed E-state index contributed by atoms with van der Waals surface area (Å²) in [5.41, 5.74) is 4.69. The number of hydrogen-bond donors (Lipinski definition) is 1. The highest BCUT2D eigenvalue weighted by molar-refractivity contribution is 5.76. The Morgan fingerprint density at radius 1 is 1.03 bits per heavy atom. The van der Waals surface area contributed by atoms with Gasteiger partial charge in [0.1, 0.15) is 5.75 Å². The van der Waals surface area contributed by atoms with E-state index < -0.39 is 6.36 Å². The predicted molar refractivity (Wildman–Crippen MR) is 106 cm³/mol. The summed E-state index contributed by atoms with van der Waals surface area (Å²) in [6, 6.07) is 15.3. The SMILES string of the molecule is Cc1cc(C)n(-c2ccc(CCC(=O)NCc3ccc(OC(F)(F)F)cc3)cc2)n1. The van der Waals surface area contributed by atoms with Crippen molar-refractivity contribution in [3.63, 3.8) is 0 Å². The zero-order valence-corrected chi connectivity index (χ0v) is 16.7. The highest BCUT2D eigenvalue weighted by Gasteiger charge is 2.30. The molecule has 8 heteroatoms. The molecule has 5 nitrogen and oxygen atoms in total. The lowest BCUT2D eigenvalue weighted by molar-refractivity contribution is -0.274. The fraction of sp³-hybridized carbons (Fsp3) is 0.273. The summed E-state index contributed by atoms with van der Waals surface area (Å²) in [7, 11) is 0. The van der Waals surface area contributed by atoms with Gasteiger partial charge in [-0.1, -0.05) is 24.3 Å². The van der Waals surface area contributed by atoms with Crippen LogP contribution in [0.5, 0.6) is 5.75 Å². The van der Waals surface area contributed by atoms with Crippen molar-refractivity contribution in [3.8, 4) is 11.4 Å². The van der Waals surface area contributed by atoms with Gasteiger partial charge in [0, 0.05) is 18.7 Å². The number of amides is 1. The topological polar surface area (TPSA) is 56.2 Å². The Kier molecular flexibility index (Phi) is 6.44. The Bertz CT molecular complexity index is 994. The Hall–Kier alpha value is -3.29. The van der Waals surface area contributed by atoms with Gasteiger partial charge in [0.15, 0.2) is 0 Å². The standard InChI is InChI=1S/C22H22F3N3O2/c1-15-13-16(2)28(27-15)19-8-3-17(4-9-19)7-12-21(29)26-14-18-5-10-20(11-6-18)30-22(23,24)25/h3-6,8-11,13H,7,12,14H2,1-2H3,(H,26,29). The van der Waals surface area contributed by atoms with Crippen LogP contribution in [-0.2, 0) is 17.8 Å². The van der Waals surface area contributed by atoms with E-state index >= 15 is 0 Å². The van der Waals surface area contributed by atoms with E-state index in [1.54, 1.807) is 0 Å². The number of hydrogen-bond acceptors (Lipinski definition) is 3. The first-order chi connectivity index (χ1) is 14.2. The van der Waals surface area contributed by atoms with E-state index in [0.29, 0.717) is 18.4 Å². The average molecular weight is 417 g/mol. The smallest absolute Gasteiger partial charge is 0.406 e. The minimum atomic E-state index is -4.72. The summed E-state index contributed by atoms with van der Waals surface area (Å²) in [6.45, 7) is 4.18. The third-order valence-electron chi connectivity index (χ3n) is 4.48. The van der Waals surface area contributed by atoms with E-state index in [1.807, 2.05) is 48.9 Å². The lowest BCUT2D eigenvalue weighted by atomic mass is 10.1. The second kappa shape index (κ2) is 9.02. The van der Waals surface area contributed by atoms with Crippen molar-refractivity contribution < 1.29 is 22.7 Å². The monoisotopic (exact) mass is 417 g/mol. The number of halogens is 3. The largest absolute Gasteiger partial charge is 0.573 e. The van der Waals surface area contributed by atoms with Crippen LogP contribution in [0.2, 0.25) is 0 Å². The van der Waals surface area contributed by atoms with E-state index in [2.05, 4.69) is 15.2 Å². The maximum absolute atomic E-state index is 12.2. The van der Waals surface area contributed by atoms with Gasteiger partial charge in [-0.3, -0.25) is 4.79 Å². The number of nitrogens with zero attached hydrogens (tertiary/aromatic N) is 2. The molecule has 0 radical (unpaired) electrons. The molecule has 0 atom stereocenters. The number of carbonyl (C=O) groups is 1. The molecule has 30 heavy (non-hydrogen) atoms. The second-order valence-corrected chi connectivity index (χ2v) is 6.97. The summed E-state index contributed by atoms with van der Waals surface area (Å²) in [4.78, 5) is 12.1. The molecule has 1 aromatic heterocycles. The van der Waals surface area contributed by atoms with E-state index in [4.69, 9.17) is 0 Å². The van der Waals surface area contributed by atoms with Gasteiger partial charge in [-0.15, -0.1) is 13.2 Å². The van der Waals surface area contributed by atoms with Crippen molar-refractivity contribution in [2.75, 3.05) is 0 Å². The van der Waals surface area contributed by atoms with Crippen LogP contribution in [0.15, 0.2) is 54.6 Å². The van der Waals surface area contributed by atoms with Gasteiger partial charge < -0.3 is 10.1 Å². The maximum Gasteiger partial charge on any atom is 0.573 e. The number of alkyl halides is 3. The summed E-state index contributed by atoms with van der Waals surface area (Å²) in [5.74, 6) is -0.422. The van der Waals surface area contributed by atoms with Crippen LogP contribution in [0.3, 0.4) is 0 Å². The van der Waals surface area contributed by atoms with Gasteiger partial charge in [0.25, 0.3) is 0 Å². The molecule has 0 aliphatic rings. The van der Waals surface area contributed by atoms with Gasteiger partial charge in [0.2, 0.25) is 5.91 Å². The van der Waals surface area contributed by atoms with Crippen LogP contribution in [-0.4, -0.2) is 22.1 Å². The highest BCUT2D eigenvalue weighted by atomic mass is 19.4. The van der Waals surface area contributed by atoms with Crippen molar-refractivity contribution in [1.82, 2.24) is 15.1 Å². The molecule has 0 bridgehead atoms. The molecule has 2 aromatic carbocycles. The van der Waals surface area contributed by atoms with E-state index in [9.17, 15) is 18.0 Å². The molecular formula is C22H22F3N3O2. The van der Waals surface area contributed by atoms with Crippen LogP contribution in [0.25, 0.3) is 5.69 Å². The van der Waals surface area contributed by atoms with Gasteiger partial charge in [-0.25, -0.2) is 4.68 Å². The quantitative estimate of drug-likeness (QED) is 0.610. The van der Waals surface area contributed by atoms with Crippen molar-refractivity contribution in [1.29, 1.82) is 0 Å². The van der Waals surface area contributed by atoms with Crippen molar-refractivity contribution in [3.05, 3.63) is 77.1 Å². The van der Waals surface area contributed by atoms with Crippen molar-refractivity contribution in [2.45, 2.75) is 39.6 Å². The molecular weight excluding hydrogens is 395 g/mol. The number of nitrogens with one attached hydrogen (secondary N) is 1. The minimum Gasteiger partial charge on any atom is -0.406 e. The van der Waals surface area contributed by atoms with Gasteiger partial charge >= 0.3 is 6.36 Å². The molecule has 158 valence electrons. The predicted octanol–water partition coefficient (Wildman–Crippen LogP) is 4.64. The first kappa shape index (κ1) is 21.4. The molecule has 1 amide bonds. The maximum atomic E-state index is 12.2.